The van der Waals surface area contributed by atoms with Gasteiger partial charge in [-0.15, -0.1) is 0 Å². The van der Waals surface area contributed by atoms with Gasteiger partial charge in [0.05, 0.1) is 5.92 Å². The molecule has 1 amide bonds. The first-order valence-corrected chi connectivity index (χ1v) is 8.76. The molecule has 0 saturated carbocycles. The normalized spacial score (nSPS) is 21.2. The Labute approximate surface area is 125 Å². The van der Waals surface area contributed by atoms with Crippen LogP contribution >= 0.6 is 0 Å². The molecule has 0 spiro atoms. The fourth-order valence-corrected chi connectivity index (χ4v) is 3.12. The van der Waals surface area contributed by atoms with Crippen molar-refractivity contribution in [3.8, 4) is 0 Å². The summed E-state index contributed by atoms with van der Waals surface area (Å²) < 4.78 is 38.5. The van der Waals surface area contributed by atoms with Crippen molar-refractivity contribution in [1.82, 2.24) is 4.90 Å². The van der Waals surface area contributed by atoms with Gasteiger partial charge >= 0.3 is 0 Å². The van der Waals surface area contributed by atoms with Gasteiger partial charge in [-0.1, -0.05) is 18.6 Å². The van der Waals surface area contributed by atoms with Crippen LogP contribution in [0.5, 0.6) is 0 Å². The van der Waals surface area contributed by atoms with Gasteiger partial charge in [0.15, 0.2) is 11.6 Å². The topological polar surface area (TPSA) is 37.4 Å². The lowest BCUT2D eigenvalue weighted by Crippen LogP contribution is -2.37. The molecule has 3 nitrogen and oxygen atoms in total. The van der Waals surface area contributed by atoms with Crippen LogP contribution in [0.3, 0.4) is 0 Å². The molecule has 6 heteroatoms. The van der Waals surface area contributed by atoms with Crippen molar-refractivity contribution >= 4 is 16.7 Å². The number of hydrogen-bond acceptors (Lipinski definition) is 2. The average Bonchev–Trinajstić information content (AvgIpc) is 2.62. The van der Waals surface area contributed by atoms with Crippen LogP contribution in [0.15, 0.2) is 18.2 Å². The molecule has 0 N–H and O–H groups in total. The maximum Gasteiger partial charge on any atom is 0.230 e. The predicted molar refractivity (Wildman–Crippen MR) is 78.5 cm³/mol. The molecule has 1 saturated heterocycles. The van der Waals surface area contributed by atoms with Gasteiger partial charge in [0, 0.05) is 41.5 Å². The van der Waals surface area contributed by atoms with Gasteiger partial charge in [0.2, 0.25) is 5.91 Å². The maximum atomic E-state index is 13.9. The number of likely N-dealkylation sites (tertiary alicyclic amines) is 1. The highest BCUT2D eigenvalue weighted by molar-refractivity contribution is 7.84. The molecular formula is C15H19F2NO2S. The standard InChI is InChI=1S/C15H19F2NO2S/c1-21(20)10-9-18-8-3-2-5-12(15(18)19)11-6-4-7-13(16)14(11)17/h4,6-7,12H,2-3,5,8-10H2,1H3. The van der Waals surface area contributed by atoms with Crippen molar-refractivity contribution in [2.24, 2.45) is 0 Å². The van der Waals surface area contributed by atoms with Crippen LogP contribution in [0.4, 0.5) is 8.78 Å². The molecule has 2 atom stereocenters. The minimum absolute atomic E-state index is 0.129. The molecular weight excluding hydrogens is 296 g/mol. The summed E-state index contributed by atoms with van der Waals surface area (Å²) in [5, 5.41) is 0. The molecule has 1 aliphatic heterocycles. The summed E-state index contributed by atoms with van der Waals surface area (Å²) in [4.78, 5) is 14.2. The first kappa shape index (κ1) is 16.1. The molecule has 21 heavy (non-hydrogen) atoms. The van der Waals surface area contributed by atoms with E-state index in [9.17, 15) is 17.8 Å². The fraction of sp³-hybridized carbons (Fsp3) is 0.533. The fourth-order valence-electron chi connectivity index (χ4n) is 2.64. The third-order valence-electron chi connectivity index (χ3n) is 3.79. The Hall–Kier alpha value is -1.30. The van der Waals surface area contributed by atoms with E-state index in [2.05, 4.69) is 0 Å². The van der Waals surface area contributed by atoms with E-state index in [-0.39, 0.29) is 11.5 Å². The quantitative estimate of drug-likeness (QED) is 0.856. The van der Waals surface area contributed by atoms with E-state index in [4.69, 9.17) is 0 Å². The highest BCUT2D eigenvalue weighted by Gasteiger charge is 2.30. The second-order valence-electron chi connectivity index (χ2n) is 5.29. The third-order valence-corrected chi connectivity index (χ3v) is 4.54. The van der Waals surface area contributed by atoms with Gasteiger partial charge < -0.3 is 4.90 Å². The average molecular weight is 315 g/mol. The number of benzene rings is 1. The Morgan fingerprint density at radius 1 is 1.33 bits per heavy atom. The smallest absolute Gasteiger partial charge is 0.230 e. The molecule has 2 unspecified atom stereocenters. The van der Waals surface area contributed by atoms with Crippen LogP contribution in [0.2, 0.25) is 0 Å². The lowest BCUT2D eigenvalue weighted by molar-refractivity contribution is -0.132. The number of nitrogens with zero attached hydrogens (tertiary/aromatic N) is 1. The molecule has 0 bridgehead atoms. The Morgan fingerprint density at radius 3 is 2.81 bits per heavy atom. The lowest BCUT2D eigenvalue weighted by atomic mass is 9.93. The third kappa shape index (κ3) is 3.87. The van der Waals surface area contributed by atoms with Gasteiger partial charge in [0.1, 0.15) is 0 Å². The summed E-state index contributed by atoms with van der Waals surface area (Å²) in [6.45, 7) is 0.985. The minimum Gasteiger partial charge on any atom is -0.341 e. The molecule has 2 rings (SSSR count). The van der Waals surface area contributed by atoms with Crippen molar-refractivity contribution < 1.29 is 17.8 Å². The van der Waals surface area contributed by atoms with E-state index in [0.717, 1.165) is 18.9 Å². The van der Waals surface area contributed by atoms with Gasteiger partial charge in [-0.05, 0) is 18.9 Å². The van der Waals surface area contributed by atoms with Crippen molar-refractivity contribution in [1.29, 1.82) is 0 Å². The Bertz CT molecular complexity index is 550. The van der Waals surface area contributed by atoms with E-state index in [1.54, 1.807) is 11.2 Å². The summed E-state index contributed by atoms with van der Waals surface area (Å²) >= 11 is 0. The number of halogens is 2. The summed E-state index contributed by atoms with van der Waals surface area (Å²) in [6.07, 6.45) is 3.73. The van der Waals surface area contributed by atoms with Crippen LogP contribution in [0.25, 0.3) is 0 Å². The summed E-state index contributed by atoms with van der Waals surface area (Å²) in [5.41, 5.74) is 0.129. The van der Waals surface area contributed by atoms with Crippen molar-refractivity contribution in [2.45, 2.75) is 25.2 Å². The number of hydrogen-bond donors (Lipinski definition) is 0. The van der Waals surface area contributed by atoms with E-state index < -0.39 is 28.4 Å². The Morgan fingerprint density at radius 2 is 2.10 bits per heavy atom. The van der Waals surface area contributed by atoms with Crippen LogP contribution in [0, 0.1) is 11.6 Å². The SMILES string of the molecule is CS(=O)CCN1CCCCC(c2cccc(F)c2F)C1=O. The molecule has 0 aliphatic carbocycles. The molecule has 1 heterocycles. The maximum absolute atomic E-state index is 13.9. The van der Waals surface area contributed by atoms with Gasteiger partial charge in [-0.25, -0.2) is 8.78 Å². The number of rotatable bonds is 4. The first-order chi connectivity index (χ1) is 10.0. The number of carbonyl (C=O) groups is 1. The van der Waals surface area contributed by atoms with Crippen molar-refractivity contribution in [3.05, 3.63) is 35.4 Å². The largest absolute Gasteiger partial charge is 0.341 e. The zero-order chi connectivity index (χ0) is 15.4. The summed E-state index contributed by atoms with van der Waals surface area (Å²) in [7, 11) is -0.980. The highest BCUT2D eigenvalue weighted by atomic mass is 32.2. The second-order valence-corrected chi connectivity index (χ2v) is 6.85. The zero-order valence-corrected chi connectivity index (χ0v) is 12.8. The van der Waals surface area contributed by atoms with E-state index in [1.165, 1.54) is 12.1 Å². The predicted octanol–water partition coefficient (Wildman–Crippen LogP) is 2.44. The van der Waals surface area contributed by atoms with Crippen LogP contribution in [-0.2, 0) is 15.6 Å². The van der Waals surface area contributed by atoms with Crippen LogP contribution in [0.1, 0.15) is 30.7 Å². The van der Waals surface area contributed by atoms with Crippen LogP contribution in [-0.4, -0.2) is 40.1 Å². The molecule has 1 aromatic rings. The first-order valence-electron chi connectivity index (χ1n) is 7.03. The highest BCUT2D eigenvalue weighted by Crippen LogP contribution is 2.30. The number of carbonyl (C=O) groups excluding carboxylic acids is 1. The summed E-state index contributed by atoms with van der Waals surface area (Å²) in [6, 6.07) is 3.96. The Kier molecular flexibility index (Phi) is 5.45. The molecule has 1 fully saturated rings. The van der Waals surface area contributed by atoms with E-state index in [0.29, 0.717) is 25.3 Å². The van der Waals surface area contributed by atoms with Crippen molar-refractivity contribution in [3.63, 3.8) is 0 Å². The molecule has 1 aliphatic rings. The monoisotopic (exact) mass is 315 g/mol. The minimum atomic E-state index is -0.980. The van der Waals surface area contributed by atoms with Gasteiger partial charge in [0.25, 0.3) is 0 Å². The molecule has 1 aromatic carbocycles. The molecule has 116 valence electrons. The van der Waals surface area contributed by atoms with Crippen LogP contribution < -0.4 is 0 Å². The van der Waals surface area contributed by atoms with Crippen molar-refractivity contribution in [2.75, 3.05) is 25.1 Å². The van der Waals surface area contributed by atoms with E-state index in [1.807, 2.05) is 0 Å². The number of amides is 1. The zero-order valence-electron chi connectivity index (χ0n) is 12.0. The van der Waals surface area contributed by atoms with Gasteiger partial charge in [-0.3, -0.25) is 9.00 Å². The van der Waals surface area contributed by atoms with Gasteiger partial charge in [-0.2, -0.15) is 0 Å². The Balaban J connectivity index is 2.23. The second kappa shape index (κ2) is 7.11. The molecule has 0 aromatic heterocycles. The lowest BCUT2D eigenvalue weighted by Gasteiger charge is -2.24. The van der Waals surface area contributed by atoms with E-state index >= 15 is 0 Å². The molecule has 0 radical (unpaired) electrons. The summed E-state index contributed by atoms with van der Waals surface area (Å²) in [5.74, 6) is -2.29.